The van der Waals surface area contributed by atoms with Crippen LogP contribution in [0.1, 0.15) is 35.7 Å². The Hall–Kier alpha value is -2.33. The summed E-state index contributed by atoms with van der Waals surface area (Å²) < 4.78 is 0. The van der Waals surface area contributed by atoms with Crippen LogP contribution in [-0.4, -0.2) is 11.8 Å². The lowest BCUT2D eigenvalue weighted by molar-refractivity contribution is -0.124. The van der Waals surface area contributed by atoms with Crippen molar-refractivity contribution >= 4 is 23.4 Å². The predicted octanol–water partition coefficient (Wildman–Crippen LogP) is 3.54. The van der Waals surface area contributed by atoms with Gasteiger partial charge in [0.2, 0.25) is 5.91 Å². The molecular weight excluding hydrogens is 312 g/mol. The molecule has 0 unspecified atom stereocenters. The van der Waals surface area contributed by atoms with E-state index < -0.39 is 0 Å². The first-order valence-electron chi connectivity index (χ1n) is 7.39. The highest BCUT2D eigenvalue weighted by Crippen LogP contribution is 2.25. The van der Waals surface area contributed by atoms with Crippen LogP contribution in [0.15, 0.2) is 54.6 Å². The fourth-order valence-electron chi connectivity index (χ4n) is 2.37. The fourth-order valence-corrected chi connectivity index (χ4v) is 2.49. The van der Waals surface area contributed by atoms with Crippen LogP contribution < -0.4 is 10.9 Å². The lowest BCUT2D eigenvalue weighted by Crippen LogP contribution is -2.44. The third kappa shape index (κ3) is 4.57. The fraction of sp³-hybridized carbons (Fsp3) is 0.222. The van der Waals surface area contributed by atoms with Crippen molar-refractivity contribution < 1.29 is 9.59 Å². The van der Waals surface area contributed by atoms with Crippen molar-refractivity contribution in [1.82, 2.24) is 10.9 Å². The molecule has 120 valence electrons. The number of hydrazine groups is 1. The summed E-state index contributed by atoms with van der Waals surface area (Å²) in [5, 5.41) is 0.619. The van der Waals surface area contributed by atoms with E-state index in [-0.39, 0.29) is 23.7 Å². The van der Waals surface area contributed by atoms with Gasteiger partial charge in [0.1, 0.15) is 0 Å². The summed E-state index contributed by atoms with van der Waals surface area (Å²) in [6.45, 7) is 3.91. The van der Waals surface area contributed by atoms with Crippen molar-refractivity contribution in [3.05, 3.63) is 70.7 Å². The number of amides is 2. The summed E-state index contributed by atoms with van der Waals surface area (Å²) in [5.74, 6) is -0.905. The van der Waals surface area contributed by atoms with Crippen molar-refractivity contribution in [3.63, 3.8) is 0 Å². The average Bonchev–Trinajstić information content (AvgIpc) is 2.55. The van der Waals surface area contributed by atoms with E-state index in [2.05, 4.69) is 10.9 Å². The largest absolute Gasteiger partial charge is 0.273 e. The van der Waals surface area contributed by atoms with E-state index in [0.717, 1.165) is 5.56 Å². The summed E-state index contributed by atoms with van der Waals surface area (Å²) in [6.07, 6.45) is 0. The number of carbonyl (C=O) groups is 2. The minimum Gasteiger partial charge on any atom is -0.273 e. The van der Waals surface area contributed by atoms with Crippen LogP contribution in [0.3, 0.4) is 0 Å². The first-order chi connectivity index (χ1) is 11.0. The number of benzene rings is 2. The van der Waals surface area contributed by atoms with Crippen LogP contribution in [0.2, 0.25) is 5.02 Å². The molecule has 0 aliphatic heterocycles. The second-order valence-electron chi connectivity index (χ2n) is 5.58. The van der Waals surface area contributed by atoms with Crippen LogP contribution in [-0.2, 0) is 4.79 Å². The van der Waals surface area contributed by atoms with Gasteiger partial charge in [-0.3, -0.25) is 20.4 Å². The number of hydrogen-bond donors (Lipinski definition) is 2. The van der Waals surface area contributed by atoms with Gasteiger partial charge in [-0.15, -0.1) is 0 Å². The molecule has 0 spiro atoms. The smallest absolute Gasteiger partial charge is 0.269 e. The van der Waals surface area contributed by atoms with Crippen LogP contribution >= 0.6 is 11.6 Å². The molecule has 0 bridgehead atoms. The van der Waals surface area contributed by atoms with Gasteiger partial charge in [0.25, 0.3) is 5.91 Å². The monoisotopic (exact) mass is 330 g/mol. The second-order valence-corrected chi connectivity index (χ2v) is 6.02. The summed E-state index contributed by atoms with van der Waals surface area (Å²) in [4.78, 5) is 24.4. The molecule has 0 aliphatic carbocycles. The van der Waals surface area contributed by atoms with E-state index in [1.807, 2.05) is 32.0 Å². The Morgan fingerprint density at radius 1 is 0.913 bits per heavy atom. The number of carbonyl (C=O) groups excluding carboxylic acids is 2. The van der Waals surface area contributed by atoms with Crippen LogP contribution in [0.5, 0.6) is 0 Å². The maximum Gasteiger partial charge on any atom is 0.269 e. The summed E-state index contributed by atoms with van der Waals surface area (Å²) in [6, 6.07) is 15.9. The van der Waals surface area contributed by atoms with Crippen molar-refractivity contribution in [2.75, 3.05) is 0 Å². The van der Waals surface area contributed by atoms with Crippen molar-refractivity contribution in [2.45, 2.75) is 19.8 Å². The van der Waals surface area contributed by atoms with E-state index in [0.29, 0.717) is 10.6 Å². The average molecular weight is 331 g/mol. The number of halogens is 1. The first kappa shape index (κ1) is 17.0. The minimum atomic E-state index is -0.372. The van der Waals surface area contributed by atoms with Gasteiger partial charge in [0, 0.05) is 10.6 Å². The molecule has 23 heavy (non-hydrogen) atoms. The topological polar surface area (TPSA) is 58.2 Å². The standard InChI is InChI=1S/C18H19ClN2O2/c1-12(2)16(13-8-10-15(19)11-9-13)18(23)21-20-17(22)14-6-4-3-5-7-14/h3-12,16H,1-2H3,(H,20,22)(H,21,23)/t16-/m0/s1. The number of nitrogens with one attached hydrogen (secondary N) is 2. The van der Waals surface area contributed by atoms with Crippen molar-refractivity contribution in [2.24, 2.45) is 5.92 Å². The molecule has 2 aromatic carbocycles. The molecular formula is C18H19ClN2O2. The van der Waals surface area contributed by atoms with Gasteiger partial charge in [-0.05, 0) is 35.7 Å². The van der Waals surface area contributed by atoms with E-state index in [4.69, 9.17) is 11.6 Å². The SMILES string of the molecule is CC(C)[C@H](C(=O)NNC(=O)c1ccccc1)c1ccc(Cl)cc1. The van der Waals surface area contributed by atoms with Crippen molar-refractivity contribution in [1.29, 1.82) is 0 Å². The Morgan fingerprint density at radius 3 is 2.09 bits per heavy atom. The molecule has 4 nitrogen and oxygen atoms in total. The Morgan fingerprint density at radius 2 is 1.52 bits per heavy atom. The minimum absolute atomic E-state index is 0.0739. The third-order valence-electron chi connectivity index (χ3n) is 3.51. The zero-order valence-electron chi connectivity index (χ0n) is 13.0. The molecule has 2 amide bonds. The zero-order valence-corrected chi connectivity index (χ0v) is 13.8. The summed E-state index contributed by atoms with van der Waals surface area (Å²) in [7, 11) is 0. The van der Waals surface area contributed by atoms with Gasteiger partial charge in [-0.2, -0.15) is 0 Å². The molecule has 2 N–H and O–H groups in total. The number of hydrogen-bond acceptors (Lipinski definition) is 2. The number of rotatable bonds is 4. The summed E-state index contributed by atoms with van der Waals surface area (Å²) in [5.41, 5.74) is 6.30. The van der Waals surface area contributed by atoms with E-state index >= 15 is 0 Å². The van der Waals surface area contributed by atoms with Crippen LogP contribution in [0.25, 0.3) is 0 Å². The highest BCUT2D eigenvalue weighted by atomic mass is 35.5. The lowest BCUT2D eigenvalue weighted by atomic mass is 9.88. The second kappa shape index (κ2) is 7.79. The molecule has 0 radical (unpaired) electrons. The Balaban J connectivity index is 2.04. The quantitative estimate of drug-likeness (QED) is 0.842. The van der Waals surface area contributed by atoms with Gasteiger partial charge < -0.3 is 0 Å². The van der Waals surface area contributed by atoms with E-state index in [1.54, 1.807) is 36.4 Å². The molecule has 2 aromatic rings. The van der Waals surface area contributed by atoms with Crippen LogP contribution in [0.4, 0.5) is 0 Å². The molecule has 0 fully saturated rings. The highest BCUT2D eigenvalue weighted by Gasteiger charge is 2.24. The lowest BCUT2D eigenvalue weighted by Gasteiger charge is -2.21. The van der Waals surface area contributed by atoms with E-state index in [1.165, 1.54) is 0 Å². The van der Waals surface area contributed by atoms with Crippen LogP contribution in [0, 0.1) is 5.92 Å². The first-order valence-corrected chi connectivity index (χ1v) is 7.77. The maximum absolute atomic E-state index is 12.4. The normalized spacial score (nSPS) is 11.8. The molecule has 0 aliphatic rings. The molecule has 0 aromatic heterocycles. The maximum atomic E-state index is 12.4. The van der Waals surface area contributed by atoms with Crippen molar-refractivity contribution in [3.8, 4) is 0 Å². The van der Waals surface area contributed by atoms with E-state index in [9.17, 15) is 9.59 Å². The van der Waals surface area contributed by atoms with Gasteiger partial charge in [0.15, 0.2) is 0 Å². The molecule has 2 rings (SSSR count). The predicted molar refractivity (Wildman–Crippen MR) is 91.1 cm³/mol. The van der Waals surface area contributed by atoms with Gasteiger partial charge in [0.05, 0.1) is 5.92 Å². The highest BCUT2D eigenvalue weighted by molar-refractivity contribution is 6.30. The molecule has 1 atom stereocenters. The zero-order chi connectivity index (χ0) is 16.8. The molecule has 0 saturated carbocycles. The Labute approximate surface area is 140 Å². The Bertz CT molecular complexity index is 669. The van der Waals surface area contributed by atoms with Gasteiger partial charge >= 0.3 is 0 Å². The molecule has 0 heterocycles. The molecule has 0 saturated heterocycles. The van der Waals surface area contributed by atoms with Gasteiger partial charge in [-0.25, -0.2) is 0 Å². The summed E-state index contributed by atoms with van der Waals surface area (Å²) >= 11 is 5.89. The Kier molecular flexibility index (Phi) is 5.77. The molecule has 5 heteroatoms. The van der Waals surface area contributed by atoms with Gasteiger partial charge in [-0.1, -0.05) is 55.8 Å². The third-order valence-corrected chi connectivity index (χ3v) is 3.77.